The lowest BCUT2D eigenvalue weighted by Gasteiger charge is -2.20. The Morgan fingerprint density at radius 1 is 0.500 bits per heavy atom. The first-order valence-corrected chi connectivity index (χ1v) is 11.6. The second-order valence-corrected chi connectivity index (χ2v) is 10.8. The molecule has 34 heavy (non-hydrogen) atoms. The van der Waals surface area contributed by atoms with Crippen LogP contribution in [0.3, 0.4) is 0 Å². The Morgan fingerprint density at radius 2 is 0.853 bits per heavy atom. The van der Waals surface area contributed by atoms with Crippen molar-refractivity contribution in [2.75, 3.05) is 0 Å². The van der Waals surface area contributed by atoms with Crippen molar-refractivity contribution in [3.05, 3.63) is 83.9 Å². The monoisotopic (exact) mass is 452 g/mol. The number of aromatic nitrogens is 2. The lowest BCUT2D eigenvalue weighted by Crippen LogP contribution is -2.11. The maximum Gasteiger partial charge on any atom is 0.124 e. The van der Waals surface area contributed by atoms with Gasteiger partial charge in [0.05, 0.1) is 22.8 Å². The number of aromatic hydroxyl groups is 2. The number of hydrogen-bond acceptors (Lipinski definition) is 4. The first-order chi connectivity index (χ1) is 15.9. The van der Waals surface area contributed by atoms with Gasteiger partial charge in [0.15, 0.2) is 0 Å². The predicted octanol–water partition coefficient (Wildman–Crippen LogP) is 7.48. The summed E-state index contributed by atoms with van der Waals surface area (Å²) in [6.07, 6.45) is 0. The molecule has 2 aromatic heterocycles. The van der Waals surface area contributed by atoms with Gasteiger partial charge in [0.25, 0.3) is 0 Å². The summed E-state index contributed by atoms with van der Waals surface area (Å²) < 4.78 is 0. The molecule has 0 fully saturated rings. The smallest absolute Gasteiger partial charge is 0.124 e. The fraction of sp³-hybridized carbons (Fsp3) is 0.267. The van der Waals surface area contributed by atoms with E-state index in [2.05, 4.69) is 41.5 Å². The topological polar surface area (TPSA) is 66.2 Å². The molecule has 174 valence electrons. The first kappa shape index (κ1) is 23.5. The van der Waals surface area contributed by atoms with Crippen molar-refractivity contribution in [3.63, 3.8) is 0 Å². The van der Waals surface area contributed by atoms with Gasteiger partial charge in [-0.1, -0.05) is 65.8 Å². The summed E-state index contributed by atoms with van der Waals surface area (Å²) in [4.78, 5) is 9.65. The van der Waals surface area contributed by atoms with Gasteiger partial charge in [-0.15, -0.1) is 0 Å². The SMILES string of the molecule is CC(C)(C)c1ccc(O)c(-c2cccc(-c3cccc(-c4cc(C(C)(C)C)ccc4O)n3)n2)c1. The molecule has 4 nitrogen and oxygen atoms in total. The lowest BCUT2D eigenvalue weighted by molar-refractivity contribution is 0.475. The van der Waals surface area contributed by atoms with Gasteiger partial charge >= 0.3 is 0 Å². The van der Waals surface area contributed by atoms with Gasteiger partial charge in [-0.2, -0.15) is 0 Å². The average molecular weight is 453 g/mol. The Bertz CT molecular complexity index is 1240. The number of nitrogens with zero attached hydrogens (tertiary/aromatic N) is 2. The summed E-state index contributed by atoms with van der Waals surface area (Å²) in [6.45, 7) is 12.9. The predicted molar refractivity (Wildman–Crippen MR) is 139 cm³/mol. The van der Waals surface area contributed by atoms with Crippen LogP contribution in [0.25, 0.3) is 33.9 Å². The summed E-state index contributed by atoms with van der Waals surface area (Å²) in [5, 5.41) is 21.1. The highest BCUT2D eigenvalue weighted by Crippen LogP contribution is 2.36. The third kappa shape index (κ3) is 4.81. The molecule has 0 aliphatic heterocycles. The number of hydrogen-bond donors (Lipinski definition) is 2. The molecule has 2 heterocycles. The average Bonchev–Trinajstić information content (AvgIpc) is 2.78. The second kappa shape index (κ2) is 8.60. The molecular weight excluding hydrogens is 420 g/mol. The summed E-state index contributed by atoms with van der Waals surface area (Å²) >= 11 is 0. The van der Waals surface area contributed by atoms with Crippen molar-refractivity contribution in [2.45, 2.75) is 52.4 Å². The van der Waals surface area contributed by atoms with Gasteiger partial charge < -0.3 is 10.2 Å². The largest absolute Gasteiger partial charge is 0.507 e. The van der Waals surface area contributed by atoms with E-state index in [1.54, 1.807) is 12.1 Å². The van der Waals surface area contributed by atoms with Crippen LogP contribution in [0.4, 0.5) is 0 Å². The van der Waals surface area contributed by atoms with Crippen LogP contribution in [0.1, 0.15) is 52.7 Å². The van der Waals surface area contributed by atoms with Crippen LogP contribution < -0.4 is 0 Å². The Labute approximate surface area is 202 Å². The van der Waals surface area contributed by atoms with E-state index in [1.807, 2.05) is 60.7 Å². The van der Waals surface area contributed by atoms with Crippen molar-refractivity contribution in [3.8, 4) is 45.4 Å². The molecule has 0 saturated carbocycles. The number of benzene rings is 2. The van der Waals surface area contributed by atoms with Crippen LogP contribution in [0.15, 0.2) is 72.8 Å². The number of phenolic OH excluding ortho intramolecular Hbond substituents is 2. The van der Waals surface area contributed by atoms with E-state index in [0.717, 1.165) is 11.1 Å². The number of rotatable bonds is 3. The Hall–Kier alpha value is -3.66. The van der Waals surface area contributed by atoms with Crippen molar-refractivity contribution in [1.82, 2.24) is 9.97 Å². The minimum Gasteiger partial charge on any atom is -0.507 e. The zero-order chi connectivity index (χ0) is 24.7. The van der Waals surface area contributed by atoms with E-state index >= 15 is 0 Å². The van der Waals surface area contributed by atoms with Crippen LogP contribution >= 0.6 is 0 Å². The molecular formula is C30H32N2O2. The van der Waals surface area contributed by atoms with Crippen LogP contribution in [0.5, 0.6) is 11.5 Å². The summed E-state index contributed by atoms with van der Waals surface area (Å²) in [6, 6.07) is 22.8. The molecule has 0 spiro atoms. The van der Waals surface area contributed by atoms with Gasteiger partial charge in [-0.3, -0.25) is 0 Å². The number of pyridine rings is 2. The fourth-order valence-corrected chi connectivity index (χ4v) is 3.87. The van der Waals surface area contributed by atoms with Gasteiger partial charge in [0.2, 0.25) is 0 Å². The highest BCUT2D eigenvalue weighted by Gasteiger charge is 2.19. The molecule has 2 aromatic carbocycles. The highest BCUT2D eigenvalue weighted by atomic mass is 16.3. The summed E-state index contributed by atoms with van der Waals surface area (Å²) in [5.41, 5.74) is 6.33. The minimum atomic E-state index is -0.0421. The molecule has 0 atom stereocenters. The third-order valence-corrected chi connectivity index (χ3v) is 6.04. The van der Waals surface area contributed by atoms with Crippen molar-refractivity contribution in [1.29, 1.82) is 0 Å². The Balaban J connectivity index is 1.77. The van der Waals surface area contributed by atoms with Gasteiger partial charge in [-0.05, 0) is 70.5 Å². The molecule has 4 heteroatoms. The minimum absolute atomic E-state index is 0.0421. The maximum absolute atomic E-state index is 10.5. The Kier molecular flexibility index (Phi) is 5.94. The second-order valence-electron chi connectivity index (χ2n) is 10.8. The zero-order valence-corrected chi connectivity index (χ0v) is 20.7. The number of phenols is 2. The molecule has 0 unspecified atom stereocenters. The van der Waals surface area contributed by atoms with Crippen molar-refractivity contribution >= 4 is 0 Å². The summed E-state index contributed by atoms with van der Waals surface area (Å²) in [7, 11) is 0. The van der Waals surface area contributed by atoms with E-state index in [4.69, 9.17) is 9.97 Å². The van der Waals surface area contributed by atoms with Gasteiger partial charge in [0, 0.05) is 11.1 Å². The molecule has 0 bridgehead atoms. The standard InChI is InChI=1S/C30H32N2O2/c1-29(2,3)19-13-15-27(33)21(17-19)23-9-7-11-25(31-23)26-12-8-10-24(32-26)22-18-20(30(4,5)6)14-16-28(22)34/h7-18,33-34H,1-6H3. The molecule has 0 aliphatic rings. The lowest BCUT2D eigenvalue weighted by atomic mass is 9.85. The van der Waals surface area contributed by atoms with Crippen LogP contribution in [0.2, 0.25) is 0 Å². The van der Waals surface area contributed by atoms with Crippen LogP contribution in [0, 0.1) is 0 Å². The van der Waals surface area contributed by atoms with E-state index in [0.29, 0.717) is 33.9 Å². The Morgan fingerprint density at radius 3 is 1.21 bits per heavy atom. The zero-order valence-electron chi connectivity index (χ0n) is 20.7. The maximum atomic E-state index is 10.5. The molecule has 0 radical (unpaired) electrons. The highest BCUT2D eigenvalue weighted by molar-refractivity contribution is 5.73. The van der Waals surface area contributed by atoms with E-state index in [9.17, 15) is 10.2 Å². The summed E-state index contributed by atoms with van der Waals surface area (Å²) in [5.74, 6) is 0.395. The van der Waals surface area contributed by atoms with E-state index in [-0.39, 0.29) is 22.3 Å². The molecule has 2 N–H and O–H groups in total. The van der Waals surface area contributed by atoms with E-state index < -0.39 is 0 Å². The van der Waals surface area contributed by atoms with E-state index in [1.165, 1.54) is 0 Å². The molecule has 0 amide bonds. The van der Waals surface area contributed by atoms with Crippen LogP contribution in [-0.4, -0.2) is 20.2 Å². The normalized spacial score (nSPS) is 12.1. The van der Waals surface area contributed by atoms with Gasteiger partial charge in [-0.25, -0.2) is 9.97 Å². The molecule has 0 aliphatic carbocycles. The van der Waals surface area contributed by atoms with Crippen molar-refractivity contribution < 1.29 is 10.2 Å². The third-order valence-electron chi connectivity index (χ3n) is 6.04. The van der Waals surface area contributed by atoms with Crippen molar-refractivity contribution in [2.24, 2.45) is 0 Å². The quantitative estimate of drug-likeness (QED) is 0.338. The molecule has 4 aromatic rings. The fourth-order valence-electron chi connectivity index (χ4n) is 3.87. The first-order valence-electron chi connectivity index (χ1n) is 11.6. The molecule has 4 rings (SSSR count). The van der Waals surface area contributed by atoms with Crippen LogP contribution in [-0.2, 0) is 10.8 Å². The molecule has 0 saturated heterocycles. The van der Waals surface area contributed by atoms with Gasteiger partial charge in [0.1, 0.15) is 11.5 Å².